The fraction of sp³-hybridized carbons (Fsp3) is 0.389. The first-order valence-corrected chi connectivity index (χ1v) is 7.02. The summed E-state index contributed by atoms with van der Waals surface area (Å²) < 4.78 is 5.36. The molecule has 1 aromatic rings. The van der Waals surface area contributed by atoms with E-state index < -0.39 is 0 Å². The number of unbranched alkanes of at least 4 members (excludes halogenated alkanes) is 1. The molecule has 1 rings (SSSR count). The lowest BCUT2D eigenvalue weighted by atomic mass is 9.94. The minimum atomic E-state index is -0.177. The summed E-state index contributed by atoms with van der Waals surface area (Å²) in [5.41, 5.74) is 0.852. The number of carbonyl (C=O) groups is 1. The number of hydrogen-bond acceptors (Lipinski definition) is 2. The monoisotopic (exact) mass is 272 g/mol. The average Bonchev–Trinajstić information content (AvgIpc) is 2.43. The minimum absolute atomic E-state index is 0.131. The molecule has 2 heteroatoms. The van der Waals surface area contributed by atoms with Crippen LogP contribution in [-0.2, 0) is 16.0 Å². The summed E-state index contributed by atoms with van der Waals surface area (Å²) in [5.74, 6) is -0.177. The van der Waals surface area contributed by atoms with Crippen LogP contribution in [0.4, 0.5) is 0 Å². The molecular weight excluding hydrogens is 248 g/mol. The molecule has 0 atom stereocenters. The van der Waals surface area contributed by atoms with E-state index in [1.807, 2.05) is 36.4 Å². The lowest BCUT2D eigenvalue weighted by Crippen LogP contribution is -2.20. The SMILES string of the molecule is C=CCC/C=C/C(C)(C)COC(=O)Cc1ccccc1. The molecule has 0 bridgehead atoms. The van der Waals surface area contributed by atoms with Gasteiger partial charge in [-0.2, -0.15) is 0 Å². The van der Waals surface area contributed by atoms with E-state index in [-0.39, 0.29) is 11.4 Å². The van der Waals surface area contributed by atoms with Crippen LogP contribution >= 0.6 is 0 Å². The Bertz CT molecular complexity index is 444. The molecule has 0 aliphatic carbocycles. The molecule has 0 spiro atoms. The van der Waals surface area contributed by atoms with Crippen LogP contribution in [0.25, 0.3) is 0 Å². The van der Waals surface area contributed by atoms with Crippen LogP contribution in [-0.4, -0.2) is 12.6 Å². The second-order valence-electron chi connectivity index (χ2n) is 5.58. The largest absolute Gasteiger partial charge is 0.465 e. The first-order valence-electron chi connectivity index (χ1n) is 7.02. The van der Waals surface area contributed by atoms with Gasteiger partial charge in [0.2, 0.25) is 0 Å². The van der Waals surface area contributed by atoms with Crippen molar-refractivity contribution in [3.63, 3.8) is 0 Å². The summed E-state index contributed by atoms with van der Waals surface area (Å²) in [6.07, 6.45) is 8.40. The van der Waals surface area contributed by atoms with Gasteiger partial charge >= 0.3 is 5.97 Å². The van der Waals surface area contributed by atoms with Crippen LogP contribution in [0.2, 0.25) is 0 Å². The van der Waals surface area contributed by atoms with Gasteiger partial charge in [0.25, 0.3) is 0 Å². The molecule has 0 N–H and O–H groups in total. The smallest absolute Gasteiger partial charge is 0.310 e. The zero-order chi connectivity index (χ0) is 14.8. The molecule has 0 unspecified atom stereocenters. The van der Waals surface area contributed by atoms with E-state index in [0.29, 0.717) is 13.0 Å². The molecule has 2 nitrogen and oxygen atoms in total. The van der Waals surface area contributed by atoms with E-state index in [1.165, 1.54) is 0 Å². The summed E-state index contributed by atoms with van der Waals surface area (Å²) in [6.45, 7) is 8.22. The molecule has 20 heavy (non-hydrogen) atoms. The van der Waals surface area contributed by atoms with Gasteiger partial charge in [-0.3, -0.25) is 4.79 Å². The van der Waals surface area contributed by atoms with Crippen LogP contribution in [0.1, 0.15) is 32.3 Å². The number of allylic oxidation sites excluding steroid dienone is 2. The van der Waals surface area contributed by atoms with Crippen LogP contribution in [0.5, 0.6) is 0 Å². The topological polar surface area (TPSA) is 26.3 Å². The molecule has 0 aliphatic heterocycles. The lowest BCUT2D eigenvalue weighted by Gasteiger charge is -2.20. The van der Waals surface area contributed by atoms with Gasteiger partial charge in [-0.25, -0.2) is 0 Å². The fourth-order valence-electron chi connectivity index (χ4n) is 1.74. The minimum Gasteiger partial charge on any atom is -0.465 e. The number of benzene rings is 1. The van der Waals surface area contributed by atoms with Crippen molar-refractivity contribution in [2.75, 3.05) is 6.61 Å². The number of rotatable bonds is 8. The highest BCUT2D eigenvalue weighted by Gasteiger charge is 2.16. The third kappa shape index (κ3) is 6.93. The second-order valence-corrected chi connectivity index (χ2v) is 5.58. The van der Waals surface area contributed by atoms with Gasteiger partial charge in [0.1, 0.15) is 0 Å². The quantitative estimate of drug-likeness (QED) is 0.400. The Balaban J connectivity index is 2.35. The van der Waals surface area contributed by atoms with Crippen molar-refractivity contribution in [3.05, 3.63) is 60.7 Å². The van der Waals surface area contributed by atoms with E-state index >= 15 is 0 Å². The number of esters is 1. The first kappa shape index (κ1) is 16.2. The maximum absolute atomic E-state index is 11.8. The zero-order valence-corrected chi connectivity index (χ0v) is 12.5. The van der Waals surface area contributed by atoms with Crippen molar-refractivity contribution in [2.45, 2.75) is 33.1 Å². The molecule has 1 aromatic carbocycles. The number of ether oxygens (including phenoxy) is 1. The summed E-state index contributed by atoms with van der Waals surface area (Å²) in [5, 5.41) is 0. The predicted molar refractivity (Wildman–Crippen MR) is 83.5 cm³/mol. The van der Waals surface area contributed by atoms with E-state index in [1.54, 1.807) is 0 Å². The van der Waals surface area contributed by atoms with Gasteiger partial charge in [0.15, 0.2) is 0 Å². The van der Waals surface area contributed by atoms with E-state index in [2.05, 4.69) is 32.6 Å². The third-order valence-corrected chi connectivity index (χ3v) is 2.90. The number of carbonyl (C=O) groups excluding carboxylic acids is 1. The molecule has 0 saturated carbocycles. The average molecular weight is 272 g/mol. The molecule has 0 aromatic heterocycles. The van der Waals surface area contributed by atoms with Crippen molar-refractivity contribution in [2.24, 2.45) is 5.41 Å². The standard InChI is InChI=1S/C18H24O2/c1-4-5-6-10-13-18(2,3)15-20-17(19)14-16-11-8-7-9-12-16/h4,7-13H,1,5-6,14-15H2,2-3H3/b13-10+. The number of hydrogen-bond donors (Lipinski definition) is 0. The van der Waals surface area contributed by atoms with Crippen molar-refractivity contribution in [1.29, 1.82) is 0 Å². The molecule has 0 fully saturated rings. The van der Waals surface area contributed by atoms with Gasteiger partial charge in [0, 0.05) is 5.41 Å². The highest BCUT2D eigenvalue weighted by Crippen LogP contribution is 2.18. The maximum atomic E-state index is 11.8. The van der Waals surface area contributed by atoms with Crippen molar-refractivity contribution in [3.8, 4) is 0 Å². The van der Waals surface area contributed by atoms with Crippen LogP contribution < -0.4 is 0 Å². The summed E-state index contributed by atoms with van der Waals surface area (Å²) in [7, 11) is 0. The van der Waals surface area contributed by atoms with Gasteiger partial charge in [0.05, 0.1) is 13.0 Å². The van der Waals surface area contributed by atoms with Gasteiger partial charge < -0.3 is 4.74 Å². The van der Waals surface area contributed by atoms with E-state index in [4.69, 9.17) is 4.74 Å². The van der Waals surface area contributed by atoms with E-state index in [9.17, 15) is 4.79 Å². The highest BCUT2D eigenvalue weighted by molar-refractivity contribution is 5.72. The molecule has 0 saturated heterocycles. The fourth-order valence-corrected chi connectivity index (χ4v) is 1.74. The molecule has 108 valence electrons. The van der Waals surface area contributed by atoms with Crippen LogP contribution in [0, 0.1) is 5.41 Å². The highest BCUT2D eigenvalue weighted by atomic mass is 16.5. The van der Waals surface area contributed by atoms with Gasteiger partial charge in [-0.15, -0.1) is 6.58 Å². The van der Waals surface area contributed by atoms with Gasteiger partial charge in [-0.1, -0.05) is 62.4 Å². The van der Waals surface area contributed by atoms with Crippen LogP contribution in [0.15, 0.2) is 55.1 Å². The summed E-state index contributed by atoms with van der Waals surface area (Å²) in [4.78, 5) is 11.8. The van der Waals surface area contributed by atoms with Gasteiger partial charge in [-0.05, 0) is 18.4 Å². The lowest BCUT2D eigenvalue weighted by molar-refractivity contribution is -0.145. The maximum Gasteiger partial charge on any atom is 0.310 e. The summed E-state index contributed by atoms with van der Waals surface area (Å²) in [6, 6.07) is 9.65. The third-order valence-electron chi connectivity index (χ3n) is 2.90. The Morgan fingerprint density at radius 1 is 1.25 bits per heavy atom. The van der Waals surface area contributed by atoms with Crippen molar-refractivity contribution >= 4 is 5.97 Å². The first-order chi connectivity index (χ1) is 9.53. The molecule has 0 amide bonds. The molecule has 0 heterocycles. The Kier molecular flexibility index (Phi) is 6.78. The Labute approximate surface area is 122 Å². The predicted octanol–water partition coefficient (Wildman–Crippen LogP) is 4.32. The molecular formula is C18H24O2. The zero-order valence-electron chi connectivity index (χ0n) is 12.5. The second kappa shape index (κ2) is 8.36. The Morgan fingerprint density at radius 2 is 1.95 bits per heavy atom. The summed E-state index contributed by atoms with van der Waals surface area (Å²) >= 11 is 0. The Hall–Kier alpha value is -1.83. The van der Waals surface area contributed by atoms with Crippen LogP contribution in [0.3, 0.4) is 0 Å². The molecule has 0 radical (unpaired) electrons. The normalized spacial score (nSPS) is 11.5. The van der Waals surface area contributed by atoms with Crippen molar-refractivity contribution < 1.29 is 9.53 Å². The van der Waals surface area contributed by atoms with E-state index in [0.717, 1.165) is 18.4 Å². The van der Waals surface area contributed by atoms with Crippen molar-refractivity contribution in [1.82, 2.24) is 0 Å². The molecule has 0 aliphatic rings. The Morgan fingerprint density at radius 3 is 2.60 bits per heavy atom.